The molecule has 2 N–H and O–H groups in total. The van der Waals surface area contributed by atoms with Crippen molar-refractivity contribution >= 4 is 45.9 Å². The molecular weight excluding hydrogens is 350 g/mol. The van der Waals surface area contributed by atoms with E-state index in [0.717, 1.165) is 21.1 Å². The van der Waals surface area contributed by atoms with Crippen LogP contribution in [-0.4, -0.2) is 58.6 Å². The zero-order chi connectivity index (χ0) is 18.3. The number of amides is 4. The smallest absolute Gasteiger partial charge is 0.326 e. The van der Waals surface area contributed by atoms with Gasteiger partial charge in [0, 0.05) is 11.8 Å². The molecule has 0 spiro atoms. The van der Waals surface area contributed by atoms with Crippen molar-refractivity contribution in [2.45, 2.75) is 25.8 Å². The van der Waals surface area contributed by atoms with E-state index in [4.69, 9.17) is 10.5 Å². The molecule has 0 bridgehead atoms. The van der Waals surface area contributed by atoms with Crippen LogP contribution in [0.3, 0.4) is 0 Å². The maximum absolute atomic E-state index is 12.6. The Balaban J connectivity index is 1.85. The van der Waals surface area contributed by atoms with Gasteiger partial charge in [0.2, 0.25) is 5.91 Å². The van der Waals surface area contributed by atoms with Crippen LogP contribution in [0.2, 0.25) is 0 Å². The zero-order valence-electron chi connectivity index (χ0n) is 13.3. The maximum Gasteiger partial charge on any atom is 0.326 e. The molecule has 0 radical (unpaired) electrons. The van der Waals surface area contributed by atoms with Gasteiger partial charge in [-0.3, -0.25) is 33.8 Å². The topological polar surface area (TPSA) is 127 Å². The van der Waals surface area contributed by atoms with E-state index in [0.29, 0.717) is 0 Å². The number of carbonyl (C=O) groups excluding carboxylic acids is 5. The Hall–Kier alpha value is -2.75. The number of thiophene rings is 1. The molecule has 3 rings (SSSR count). The molecule has 25 heavy (non-hydrogen) atoms. The third kappa shape index (κ3) is 2.68. The highest BCUT2D eigenvalue weighted by Crippen LogP contribution is 2.35. The molecule has 0 aromatic carbocycles. The summed E-state index contributed by atoms with van der Waals surface area (Å²) in [4.78, 5) is 62.8. The number of hydrogen-bond acceptors (Lipinski definition) is 8. The quantitative estimate of drug-likeness (QED) is 0.588. The van der Waals surface area contributed by atoms with Gasteiger partial charge >= 0.3 is 5.97 Å². The van der Waals surface area contributed by atoms with E-state index in [1.54, 1.807) is 6.92 Å². The Morgan fingerprint density at radius 1 is 1.32 bits per heavy atom. The number of piperidine rings is 1. The van der Waals surface area contributed by atoms with Crippen molar-refractivity contribution in [1.82, 2.24) is 9.80 Å². The molecule has 1 saturated heterocycles. The van der Waals surface area contributed by atoms with Crippen molar-refractivity contribution in [1.29, 1.82) is 0 Å². The Bertz CT molecular complexity index is 801. The monoisotopic (exact) mass is 365 g/mol. The summed E-state index contributed by atoms with van der Waals surface area (Å²) < 4.78 is 4.75. The molecule has 2 aliphatic heterocycles. The number of nitrogen functional groups attached to an aromatic ring is 1. The Morgan fingerprint density at radius 2 is 2.04 bits per heavy atom. The predicted molar refractivity (Wildman–Crippen MR) is 85.6 cm³/mol. The van der Waals surface area contributed by atoms with Gasteiger partial charge in [-0.2, -0.15) is 0 Å². The number of carbonyl (C=O) groups is 5. The second-order valence-electron chi connectivity index (χ2n) is 5.55. The van der Waals surface area contributed by atoms with Gasteiger partial charge in [-0.25, -0.2) is 0 Å². The van der Waals surface area contributed by atoms with Gasteiger partial charge in [0.1, 0.15) is 12.6 Å². The van der Waals surface area contributed by atoms with Gasteiger partial charge in [-0.05, 0) is 13.3 Å². The highest BCUT2D eigenvalue weighted by molar-refractivity contribution is 7.14. The lowest BCUT2D eigenvalue weighted by Gasteiger charge is -2.33. The van der Waals surface area contributed by atoms with Crippen LogP contribution in [0.15, 0.2) is 5.38 Å². The third-order valence-electron chi connectivity index (χ3n) is 4.09. The molecule has 3 heterocycles. The fraction of sp³-hybridized carbons (Fsp3) is 0.400. The lowest BCUT2D eigenvalue weighted by Crippen LogP contribution is -2.57. The standard InChI is InChI=1S/C15H15N3O6S/c1-2-24-10(20)5-17-9(19)4-3-8(14(17)22)18-13(21)7-6-25-12(16)11(7)15(18)23/h6,8H,2-5,16H2,1H3. The van der Waals surface area contributed by atoms with Crippen LogP contribution in [0.4, 0.5) is 5.00 Å². The first-order valence-corrected chi connectivity index (χ1v) is 8.49. The summed E-state index contributed by atoms with van der Waals surface area (Å²) in [6.07, 6.45) is -0.0444. The largest absolute Gasteiger partial charge is 0.465 e. The minimum atomic E-state index is -1.14. The molecular formula is C15H15N3O6S. The second kappa shape index (κ2) is 6.28. The molecule has 1 aromatic rings. The summed E-state index contributed by atoms with van der Waals surface area (Å²) in [5.41, 5.74) is 5.98. The summed E-state index contributed by atoms with van der Waals surface area (Å²) in [6, 6.07) is -1.14. The molecule has 4 amide bonds. The van der Waals surface area contributed by atoms with Gasteiger partial charge in [0.05, 0.1) is 22.7 Å². The number of esters is 1. The van der Waals surface area contributed by atoms with Crippen LogP contribution in [0.1, 0.15) is 40.5 Å². The fourth-order valence-electron chi connectivity index (χ4n) is 2.94. The van der Waals surface area contributed by atoms with E-state index in [1.807, 2.05) is 0 Å². The highest BCUT2D eigenvalue weighted by atomic mass is 32.1. The van der Waals surface area contributed by atoms with Crippen LogP contribution in [-0.2, 0) is 19.1 Å². The second-order valence-corrected chi connectivity index (χ2v) is 6.46. The average Bonchev–Trinajstić information content (AvgIpc) is 3.05. The van der Waals surface area contributed by atoms with Crippen molar-refractivity contribution in [3.05, 3.63) is 16.5 Å². The SMILES string of the molecule is CCOC(=O)CN1C(=O)CCC(N2C(=O)c3csc(N)c3C2=O)C1=O. The Labute approximate surface area is 146 Å². The van der Waals surface area contributed by atoms with E-state index in [1.165, 1.54) is 5.38 Å². The van der Waals surface area contributed by atoms with Gasteiger partial charge in [0.15, 0.2) is 0 Å². The number of imide groups is 2. The number of likely N-dealkylation sites (tertiary alicyclic amines) is 1. The van der Waals surface area contributed by atoms with E-state index in [-0.39, 0.29) is 35.6 Å². The molecule has 10 heteroatoms. The van der Waals surface area contributed by atoms with Crippen molar-refractivity contribution < 1.29 is 28.7 Å². The van der Waals surface area contributed by atoms with Crippen molar-refractivity contribution in [3.8, 4) is 0 Å². The number of anilines is 1. The third-order valence-corrected chi connectivity index (χ3v) is 4.90. The van der Waals surface area contributed by atoms with Crippen molar-refractivity contribution in [3.63, 3.8) is 0 Å². The predicted octanol–water partition coefficient (Wildman–Crippen LogP) is 0.00700. The van der Waals surface area contributed by atoms with Gasteiger partial charge < -0.3 is 10.5 Å². The summed E-state index contributed by atoms with van der Waals surface area (Å²) in [7, 11) is 0. The van der Waals surface area contributed by atoms with Crippen LogP contribution in [0.5, 0.6) is 0 Å². The summed E-state index contributed by atoms with van der Waals surface area (Å²) in [5, 5.41) is 1.68. The molecule has 2 aliphatic rings. The molecule has 1 aromatic heterocycles. The zero-order valence-corrected chi connectivity index (χ0v) is 14.1. The number of fused-ring (bicyclic) bond motifs is 1. The van der Waals surface area contributed by atoms with E-state index in [2.05, 4.69) is 0 Å². The maximum atomic E-state index is 12.6. The molecule has 132 valence electrons. The normalized spacial score (nSPS) is 20.3. The van der Waals surface area contributed by atoms with Crippen LogP contribution in [0, 0.1) is 0 Å². The minimum Gasteiger partial charge on any atom is -0.465 e. The summed E-state index contributed by atoms with van der Waals surface area (Å²) >= 11 is 1.08. The van der Waals surface area contributed by atoms with Crippen LogP contribution >= 0.6 is 11.3 Å². The Morgan fingerprint density at radius 3 is 2.68 bits per heavy atom. The number of nitrogens with zero attached hydrogens (tertiary/aromatic N) is 2. The minimum absolute atomic E-state index is 0.0160. The first-order valence-electron chi connectivity index (χ1n) is 7.61. The average molecular weight is 365 g/mol. The van der Waals surface area contributed by atoms with E-state index in [9.17, 15) is 24.0 Å². The fourth-order valence-corrected chi connectivity index (χ4v) is 3.72. The highest BCUT2D eigenvalue weighted by Gasteiger charge is 2.48. The molecule has 1 atom stereocenters. The lowest BCUT2D eigenvalue weighted by atomic mass is 10.0. The number of hydrogen-bond donors (Lipinski definition) is 1. The number of nitrogens with two attached hydrogens (primary N) is 1. The van der Waals surface area contributed by atoms with Gasteiger partial charge in [-0.1, -0.05) is 0 Å². The molecule has 9 nitrogen and oxygen atoms in total. The summed E-state index contributed by atoms with van der Waals surface area (Å²) in [6.45, 7) is 1.17. The lowest BCUT2D eigenvalue weighted by molar-refractivity contribution is -0.159. The summed E-state index contributed by atoms with van der Waals surface area (Å²) in [5.74, 6) is -3.30. The van der Waals surface area contributed by atoms with Crippen LogP contribution < -0.4 is 5.73 Å². The molecule has 1 fully saturated rings. The Kier molecular flexibility index (Phi) is 4.29. The van der Waals surface area contributed by atoms with Gasteiger partial charge in [0.25, 0.3) is 17.7 Å². The molecule has 0 saturated carbocycles. The van der Waals surface area contributed by atoms with Crippen molar-refractivity contribution in [2.24, 2.45) is 0 Å². The first-order chi connectivity index (χ1) is 11.9. The number of rotatable bonds is 4. The molecule has 1 unspecified atom stereocenters. The number of ether oxygens (including phenoxy) is 1. The van der Waals surface area contributed by atoms with Crippen molar-refractivity contribution in [2.75, 3.05) is 18.9 Å². The van der Waals surface area contributed by atoms with E-state index < -0.39 is 42.2 Å². The molecule has 0 aliphatic carbocycles. The van der Waals surface area contributed by atoms with Gasteiger partial charge in [-0.15, -0.1) is 11.3 Å². The van der Waals surface area contributed by atoms with E-state index >= 15 is 0 Å². The van der Waals surface area contributed by atoms with Crippen LogP contribution in [0.25, 0.3) is 0 Å². The first kappa shape index (κ1) is 17.1.